The van der Waals surface area contributed by atoms with Crippen molar-refractivity contribution in [2.75, 3.05) is 5.75 Å². The Balaban J connectivity index is 1.76. The lowest BCUT2D eigenvalue weighted by atomic mass is 9.84. The molecule has 1 aliphatic carbocycles. The largest absolute Gasteiger partial charge is 0.478 e. The predicted molar refractivity (Wildman–Crippen MR) is 84.0 cm³/mol. The lowest BCUT2D eigenvalue weighted by Crippen LogP contribution is -2.12. The normalized spacial score (nSPS) is 17.2. The molecule has 4 heteroatoms. The van der Waals surface area contributed by atoms with Crippen molar-refractivity contribution in [1.29, 1.82) is 0 Å². The van der Waals surface area contributed by atoms with E-state index >= 15 is 0 Å². The summed E-state index contributed by atoms with van der Waals surface area (Å²) in [5, 5.41) is 9.83. The summed E-state index contributed by atoms with van der Waals surface area (Å²) in [6, 6.07) is 11.9. The minimum atomic E-state index is -0.908. The van der Waals surface area contributed by atoms with Crippen molar-refractivity contribution in [2.24, 2.45) is 0 Å². The van der Waals surface area contributed by atoms with Gasteiger partial charge in [0.25, 0.3) is 0 Å². The van der Waals surface area contributed by atoms with E-state index in [-0.39, 0.29) is 0 Å². The minimum Gasteiger partial charge on any atom is -0.478 e. The van der Waals surface area contributed by atoms with Gasteiger partial charge < -0.3 is 5.11 Å². The van der Waals surface area contributed by atoms with E-state index in [1.54, 1.807) is 30.1 Å². The molecule has 0 spiro atoms. The summed E-state index contributed by atoms with van der Waals surface area (Å²) in [4.78, 5) is 15.4. The third-order valence-corrected chi connectivity index (χ3v) is 5.08. The van der Waals surface area contributed by atoms with E-state index < -0.39 is 5.97 Å². The van der Waals surface area contributed by atoms with Crippen molar-refractivity contribution in [3.63, 3.8) is 0 Å². The highest BCUT2D eigenvalue weighted by Gasteiger charge is 2.21. The molecule has 0 aliphatic heterocycles. The topological polar surface area (TPSA) is 50.2 Å². The number of hydrogen-bond donors (Lipinski definition) is 1. The number of aryl methyl sites for hydroxylation is 1. The molecule has 0 saturated heterocycles. The number of benzene rings is 1. The van der Waals surface area contributed by atoms with Gasteiger partial charge in [-0.05, 0) is 48.4 Å². The van der Waals surface area contributed by atoms with E-state index in [9.17, 15) is 9.90 Å². The number of aromatic nitrogens is 1. The van der Waals surface area contributed by atoms with E-state index in [4.69, 9.17) is 0 Å². The number of pyridine rings is 1. The van der Waals surface area contributed by atoms with Crippen molar-refractivity contribution in [3.05, 3.63) is 59.3 Å². The zero-order valence-electron chi connectivity index (χ0n) is 11.7. The van der Waals surface area contributed by atoms with Gasteiger partial charge in [0.05, 0.1) is 5.56 Å². The van der Waals surface area contributed by atoms with Gasteiger partial charge >= 0.3 is 5.97 Å². The van der Waals surface area contributed by atoms with Crippen LogP contribution >= 0.6 is 11.8 Å². The molecule has 0 bridgehead atoms. The van der Waals surface area contributed by atoms with Crippen LogP contribution in [0.3, 0.4) is 0 Å². The van der Waals surface area contributed by atoms with Crippen LogP contribution in [0, 0.1) is 0 Å². The van der Waals surface area contributed by atoms with E-state index in [1.165, 1.54) is 24.0 Å². The van der Waals surface area contributed by atoms with Crippen LogP contribution in [0.1, 0.15) is 40.2 Å². The summed E-state index contributed by atoms with van der Waals surface area (Å²) in [5.74, 6) is 0.465. The summed E-state index contributed by atoms with van der Waals surface area (Å²) >= 11 is 1.55. The van der Waals surface area contributed by atoms with E-state index in [1.807, 2.05) is 0 Å². The van der Waals surface area contributed by atoms with Gasteiger partial charge in [0, 0.05) is 11.9 Å². The summed E-state index contributed by atoms with van der Waals surface area (Å²) < 4.78 is 0. The quantitative estimate of drug-likeness (QED) is 0.867. The van der Waals surface area contributed by atoms with Crippen LogP contribution in [0.25, 0.3) is 0 Å². The number of carboxylic acid groups (broad SMARTS) is 1. The molecule has 0 amide bonds. The number of fused-ring (bicyclic) bond motifs is 1. The molecule has 0 fully saturated rings. The van der Waals surface area contributed by atoms with Gasteiger partial charge in [0.1, 0.15) is 5.03 Å². The second kappa shape index (κ2) is 6.31. The summed E-state index contributed by atoms with van der Waals surface area (Å²) in [5.41, 5.74) is 3.16. The molecular weight excluding hydrogens is 282 g/mol. The molecule has 3 nitrogen and oxygen atoms in total. The number of carbonyl (C=O) groups is 1. The fourth-order valence-corrected chi connectivity index (χ4v) is 4.03. The molecule has 1 aromatic heterocycles. The van der Waals surface area contributed by atoms with Crippen LogP contribution in [0.5, 0.6) is 0 Å². The smallest absolute Gasteiger partial charge is 0.338 e. The van der Waals surface area contributed by atoms with Crippen molar-refractivity contribution >= 4 is 17.7 Å². The van der Waals surface area contributed by atoms with Gasteiger partial charge in [0.15, 0.2) is 0 Å². The number of carboxylic acids is 1. The van der Waals surface area contributed by atoms with E-state index in [2.05, 4.69) is 29.2 Å². The second-order valence-corrected chi connectivity index (χ2v) is 6.27. The van der Waals surface area contributed by atoms with Crippen LogP contribution in [0.2, 0.25) is 0 Å². The number of thioether (sulfide) groups is 1. The highest BCUT2D eigenvalue weighted by molar-refractivity contribution is 7.99. The Bertz CT molecular complexity index is 657. The molecule has 21 heavy (non-hydrogen) atoms. The molecule has 3 rings (SSSR count). The standard InChI is InChI=1S/C17H17NO2S/c19-17(20)15-9-4-10-18-16(15)21-11-13-7-3-6-12-5-1-2-8-14(12)13/h1-2,4-5,8-10,13H,3,6-7,11H2,(H,19,20). The molecule has 108 valence electrons. The van der Waals surface area contributed by atoms with Crippen molar-refractivity contribution in [3.8, 4) is 0 Å². The Kier molecular flexibility index (Phi) is 4.25. The van der Waals surface area contributed by atoms with Gasteiger partial charge in [-0.25, -0.2) is 9.78 Å². The van der Waals surface area contributed by atoms with Crippen molar-refractivity contribution < 1.29 is 9.90 Å². The number of hydrogen-bond acceptors (Lipinski definition) is 3. The summed E-state index contributed by atoms with van der Waals surface area (Å²) in [6.07, 6.45) is 5.18. The van der Waals surface area contributed by atoms with Gasteiger partial charge in [-0.3, -0.25) is 0 Å². The molecule has 1 N–H and O–H groups in total. The van der Waals surface area contributed by atoms with E-state index in [0.717, 1.165) is 12.2 Å². The first-order valence-electron chi connectivity index (χ1n) is 7.14. The maximum atomic E-state index is 11.2. The lowest BCUT2D eigenvalue weighted by molar-refractivity contribution is 0.0692. The highest BCUT2D eigenvalue weighted by Crippen LogP contribution is 2.35. The first-order chi connectivity index (χ1) is 10.3. The maximum Gasteiger partial charge on any atom is 0.338 e. The number of nitrogens with zero attached hydrogens (tertiary/aromatic N) is 1. The highest BCUT2D eigenvalue weighted by atomic mass is 32.2. The SMILES string of the molecule is O=C(O)c1cccnc1SCC1CCCc2ccccc21. The lowest BCUT2D eigenvalue weighted by Gasteiger charge is -2.25. The Labute approximate surface area is 128 Å². The van der Waals surface area contributed by atoms with Crippen LogP contribution in [-0.2, 0) is 6.42 Å². The minimum absolute atomic E-state index is 0.298. The van der Waals surface area contributed by atoms with Crippen LogP contribution in [0.4, 0.5) is 0 Å². The van der Waals surface area contributed by atoms with Crippen LogP contribution in [-0.4, -0.2) is 21.8 Å². The fraction of sp³-hybridized carbons (Fsp3) is 0.294. The fourth-order valence-electron chi connectivity index (χ4n) is 2.88. The van der Waals surface area contributed by atoms with Gasteiger partial charge in [0.2, 0.25) is 0 Å². The Hall–Kier alpha value is -1.81. The monoisotopic (exact) mass is 299 g/mol. The van der Waals surface area contributed by atoms with Crippen molar-refractivity contribution in [1.82, 2.24) is 4.98 Å². The predicted octanol–water partition coefficient (Wildman–Crippen LogP) is 3.99. The Morgan fingerprint density at radius 2 is 2.14 bits per heavy atom. The summed E-state index contributed by atoms with van der Waals surface area (Å²) in [7, 11) is 0. The third kappa shape index (κ3) is 3.10. The molecule has 1 heterocycles. The molecule has 0 radical (unpaired) electrons. The van der Waals surface area contributed by atoms with Crippen molar-refractivity contribution in [2.45, 2.75) is 30.2 Å². The molecule has 2 aromatic rings. The number of aromatic carboxylic acids is 1. The van der Waals surface area contributed by atoms with Crippen LogP contribution < -0.4 is 0 Å². The molecule has 1 aliphatic rings. The average molecular weight is 299 g/mol. The Morgan fingerprint density at radius 3 is 3.00 bits per heavy atom. The molecule has 1 unspecified atom stereocenters. The zero-order valence-corrected chi connectivity index (χ0v) is 12.5. The molecular formula is C17H17NO2S. The summed E-state index contributed by atoms with van der Waals surface area (Å²) in [6.45, 7) is 0. The average Bonchev–Trinajstić information content (AvgIpc) is 2.53. The third-order valence-electron chi connectivity index (χ3n) is 3.92. The van der Waals surface area contributed by atoms with Gasteiger partial charge in [-0.1, -0.05) is 24.3 Å². The maximum absolute atomic E-state index is 11.2. The Morgan fingerprint density at radius 1 is 1.29 bits per heavy atom. The number of rotatable bonds is 4. The van der Waals surface area contributed by atoms with E-state index in [0.29, 0.717) is 16.5 Å². The van der Waals surface area contributed by atoms with Gasteiger partial charge in [-0.2, -0.15) is 0 Å². The van der Waals surface area contributed by atoms with Gasteiger partial charge in [-0.15, -0.1) is 11.8 Å². The molecule has 1 atom stereocenters. The first kappa shape index (κ1) is 14.1. The second-order valence-electron chi connectivity index (χ2n) is 5.26. The van der Waals surface area contributed by atoms with Crippen LogP contribution in [0.15, 0.2) is 47.6 Å². The zero-order chi connectivity index (χ0) is 14.7. The molecule has 1 aromatic carbocycles. The first-order valence-corrected chi connectivity index (χ1v) is 8.13. The molecule has 0 saturated carbocycles.